The van der Waals surface area contributed by atoms with Crippen molar-refractivity contribution in [1.29, 1.82) is 0 Å². The van der Waals surface area contributed by atoms with Crippen LogP contribution in [0.3, 0.4) is 0 Å². The number of nitrogens with one attached hydrogen (secondary N) is 1. The molecule has 0 aromatic heterocycles. The van der Waals surface area contributed by atoms with Gasteiger partial charge in [-0.2, -0.15) is 0 Å². The van der Waals surface area contributed by atoms with Crippen molar-refractivity contribution in [3.63, 3.8) is 0 Å². The zero-order valence-electron chi connectivity index (χ0n) is 14.1. The van der Waals surface area contributed by atoms with Crippen LogP contribution < -0.4 is 10.1 Å². The lowest BCUT2D eigenvalue weighted by Crippen LogP contribution is -2.44. The van der Waals surface area contributed by atoms with E-state index in [0.717, 1.165) is 37.1 Å². The third-order valence-corrected chi connectivity index (χ3v) is 5.61. The van der Waals surface area contributed by atoms with Gasteiger partial charge in [-0.3, -0.25) is 0 Å². The predicted molar refractivity (Wildman–Crippen MR) is 97.4 cm³/mol. The number of hydrogen-bond donors (Lipinski definition) is 2. The van der Waals surface area contributed by atoms with E-state index >= 15 is 0 Å². The summed E-state index contributed by atoms with van der Waals surface area (Å²) in [4.78, 5) is 0.587. The molecule has 3 rings (SSSR count). The molecule has 1 aliphatic heterocycles. The lowest BCUT2D eigenvalue weighted by molar-refractivity contribution is 0.00637. The van der Waals surface area contributed by atoms with Crippen molar-refractivity contribution in [2.75, 3.05) is 6.54 Å². The summed E-state index contributed by atoms with van der Waals surface area (Å²) >= 11 is 5.40. The van der Waals surface area contributed by atoms with Gasteiger partial charge >= 0.3 is 0 Å². The number of phenolic OH excluding ortho intramolecular Hbond substituents is 1. The number of hydrogen-bond acceptors (Lipinski definition) is 3. The van der Waals surface area contributed by atoms with Crippen molar-refractivity contribution in [3.05, 3.63) is 35.4 Å². The lowest BCUT2D eigenvalue weighted by Gasteiger charge is -2.48. The normalized spacial score (nSPS) is 28.5. The first-order valence-electron chi connectivity index (χ1n) is 8.35. The second-order valence-electron chi connectivity index (χ2n) is 7.09. The first kappa shape index (κ1) is 16.3. The maximum absolute atomic E-state index is 10.9. The van der Waals surface area contributed by atoms with Crippen LogP contribution in [0.1, 0.15) is 57.1 Å². The van der Waals surface area contributed by atoms with Crippen molar-refractivity contribution in [2.24, 2.45) is 5.92 Å². The van der Waals surface area contributed by atoms with E-state index in [-0.39, 0.29) is 17.3 Å². The Morgan fingerprint density at radius 1 is 1.52 bits per heavy atom. The molecular formula is C19H25NO2S. The standard InChI is InChI=1S/C19H25NO2S/c1-5-20-18(23)13-6-7-15-16(17(13)21)14-10-19(4,22-15)9-8-12(14)11(2)3/h6-7,12,14,21H,2,5,8-10H2,1,3-4H3,(H,20,23)/t12?,14-,19-/m0/s1. The van der Waals surface area contributed by atoms with Gasteiger partial charge in [-0.15, -0.1) is 0 Å². The van der Waals surface area contributed by atoms with Gasteiger partial charge in [0.15, 0.2) is 0 Å². The second kappa shape index (κ2) is 5.82. The maximum atomic E-state index is 10.9. The summed E-state index contributed by atoms with van der Waals surface area (Å²) in [6.07, 6.45) is 3.00. The predicted octanol–water partition coefficient (Wildman–Crippen LogP) is 4.29. The Kier molecular flexibility index (Phi) is 4.13. The molecule has 1 saturated carbocycles. The fourth-order valence-corrected chi connectivity index (χ4v) is 4.41. The van der Waals surface area contributed by atoms with Crippen LogP contribution in [0.2, 0.25) is 0 Å². The fraction of sp³-hybridized carbons (Fsp3) is 0.526. The molecule has 4 heteroatoms. The number of allylic oxidation sites excluding steroid dienone is 1. The van der Waals surface area contributed by atoms with E-state index in [4.69, 9.17) is 17.0 Å². The minimum Gasteiger partial charge on any atom is -0.507 e. The number of thiocarbonyl (C=S) groups is 1. The maximum Gasteiger partial charge on any atom is 0.132 e. The Morgan fingerprint density at radius 3 is 2.91 bits per heavy atom. The van der Waals surface area contributed by atoms with Crippen LogP contribution in [0.4, 0.5) is 0 Å². The van der Waals surface area contributed by atoms with Crippen molar-refractivity contribution in [2.45, 2.75) is 51.6 Å². The zero-order valence-corrected chi connectivity index (χ0v) is 14.9. The Balaban J connectivity index is 2.10. The molecule has 3 nitrogen and oxygen atoms in total. The number of fused-ring (bicyclic) bond motifs is 4. The average Bonchev–Trinajstić information content (AvgIpc) is 2.46. The summed E-state index contributed by atoms with van der Waals surface area (Å²) < 4.78 is 6.24. The quantitative estimate of drug-likeness (QED) is 0.640. The fourth-order valence-electron chi connectivity index (χ4n) is 4.10. The topological polar surface area (TPSA) is 41.5 Å². The highest BCUT2D eigenvalue weighted by Gasteiger charge is 2.46. The van der Waals surface area contributed by atoms with Gasteiger partial charge in [-0.05, 0) is 58.1 Å². The molecule has 2 bridgehead atoms. The van der Waals surface area contributed by atoms with Crippen molar-refractivity contribution >= 4 is 17.2 Å². The molecule has 1 aromatic rings. The monoisotopic (exact) mass is 331 g/mol. The molecule has 2 aliphatic rings. The molecule has 1 aliphatic carbocycles. The third kappa shape index (κ3) is 2.74. The molecule has 1 unspecified atom stereocenters. The summed E-state index contributed by atoms with van der Waals surface area (Å²) in [5.41, 5.74) is 2.65. The van der Waals surface area contributed by atoms with E-state index in [1.54, 1.807) is 0 Å². The highest BCUT2D eigenvalue weighted by Crippen LogP contribution is 2.55. The Labute approximate surface area is 143 Å². The van der Waals surface area contributed by atoms with Gasteiger partial charge in [-0.1, -0.05) is 24.4 Å². The Morgan fingerprint density at radius 2 is 2.26 bits per heavy atom. The lowest BCUT2D eigenvalue weighted by atomic mass is 9.65. The minimum atomic E-state index is -0.139. The summed E-state index contributed by atoms with van der Waals surface area (Å²) in [6, 6.07) is 3.82. The molecule has 124 valence electrons. The molecular weight excluding hydrogens is 306 g/mol. The van der Waals surface area contributed by atoms with Gasteiger partial charge < -0.3 is 15.2 Å². The van der Waals surface area contributed by atoms with Gasteiger partial charge in [0, 0.05) is 18.0 Å². The average molecular weight is 331 g/mol. The SMILES string of the molecule is C=C(C)C1CC[C@@]2(C)C[C@@H]1c1c(ccc(C(=S)NCC)c1O)O2. The minimum absolute atomic E-state index is 0.139. The number of rotatable bonds is 3. The third-order valence-electron chi connectivity index (χ3n) is 5.24. The molecule has 0 spiro atoms. The summed E-state index contributed by atoms with van der Waals surface area (Å²) in [5, 5.41) is 14.0. The van der Waals surface area contributed by atoms with Crippen LogP contribution in [-0.4, -0.2) is 22.2 Å². The van der Waals surface area contributed by atoms with E-state index in [1.807, 2.05) is 19.1 Å². The highest BCUT2D eigenvalue weighted by molar-refractivity contribution is 7.80. The molecule has 0 saturated heterocycles. The van der Waals surface area contributed by atoms with Gasteiger partial charge in [-0.25, -0.2) is 0 Å². The molecule has 0 radical (unpaired) electrons. The van der Waals surface area contributed by atoms with Crippen LogP contribution in [0.25, 0.3) is 0 Å². The van der Waals surface area contributed by atoms with Crippen molar-refractivity contribution < 1.29 is 9.84 Å². The molecule has 0 amide bonds. The van der Waals surface area contributed by atoms with Crippen LogP contribution in [0.15, 0.2) is 24.3 Å². The van der Waals surface area contributed by atoms with Crippen molar-refractivity contribution in [1.82, 2.24) is 5.32 Å². The molecule has 3 atom stereocenters. The van der Waals surface area contributed by atoms with E-state index in [0.29, 0.717) is 16.5 Å². The van der Waals surface area contributed by atoms with Gasteiger partial charge in [0.1, 0.15) is 22.1 Å². The Hall–Kier alpha value is -1.55. The number of ether oxygens (including phenoxy) is 1. The molecule has 1 heterocycles. The number of phenols is 1. The second-order valence-corrected chi connectivity index (χ2v) is 7.50. The number of benzene rings is 1. The smallest absolute Gasteiger partial charge is 0.132 e. The summed E-state index contributed by atoms with van der Waals surface area (Å²) in [6.45, 7) is 11.2. The first-order chi connectivity index (χ1) is 10.9. The van der Waals surface area contributed by atoms with Gasteiger partial charge in [0.05, 0.1) is 5.56 Å². The van der Waals surface area contributed by atoms with E-state index in [1.165, 1.54) is 5.57 Å². The van der Waals surface area contributed by atoms with Gasteiger partial charge in [0.25, 0.3) is 0 Å². The largest absolute Gasteiger partial charge is 0.507 e. The zero-order chi connectivity index (χ0) is 16.8. The molecule has 1 fully saturated rings. The first-order valence-corrected chi connectivity index (χ1v) is 8.75. The molecule has 2 N–H and O–H groups in total. The van der Waals surface area contributed by atoms with E-state index in [9.17, 15) is 5.11 Å². The van der Waals surface area contributed by atoms with Gasteiger partial charge in [0.2, 0.25) is 0 Å². The van der Waals surface area contributed by atoms with Crippen molar-refractivity contribution in [3.8, 4) is 11.5 Å². The Bertz CT molecular complexity index is 670. The van der Waals surface area contributed by atoms with E-state index < -0.39 is 0 Å². The highest BCUT2D eigenvalue weighted by atomic mass is 32.1. The van der Waals surface area contributed by atoms with Crippen LogP contribution in [-0.2, 0) is 0 Å². The molecule has 23 heavy (non-hydrogen) atoms. The van der Waals surface area contributed by atoms with Crippen LogP contribution in [0, 0.1) is 5.92 Å². The van der Waals surface area contributed by atoms with Crippen LogP contribution in [0.5, 0.6) is 11.5 Å². The summed E-state index contributed by atoms with van der Waals surface area (Å²) in [7, 11) is 0. The van der Waals surface area contributed by atoms with E-state index in [2.05, 4.69) is 25.7 Å². The van der Waals surface area contributed by atoms with Crippen LogP contribution >= 0.6 is 12.2 Å². The summed E-state index contributed by atoms with van der Waals surface area (Å²) in [5.74, 6) is 1.71. The molecule has 1 aromatic carbocycles. The number of aromatic hydroxyl groups is 1.